The number of tetrazole rings is 1. The third-order valence-electron chi connectivity index (χ3n) is 6.40. The van der Waals surface area contributed by atoms with Crippen molar-refractivity contribution in [3.63, 3.8) is 0 Å². The molecule has 11 nitrogen and oxygen atoms in total. The number of nitrogens with zero attached hydrogens (tertiary/aromatic N) is 9. The molecule has 4 rings (SSSR count). The Morgan fingerprint density at radius 2 is 1.92 bits per heavy atom. The Labute approximate surface area is 217 Å². The van der Waals surface area contributed by atoms with E-state index in [2.05, 4.69) is 48.9 Å². The van der Waals surface area contributed by atoms with E-state index < -0.39 is 0 Å². The summed E-state index contributed by atoms with van der Waals surface area (Å²) in [6, 6.07) is 8.03. The molecule has 1 aromatic carbocycles. The van der Waals surface area contributed by atoms with Gasteiger partial charge in [-0.2, -0.15) is 5.26 Å². The number of benzene rings is 1. The lowest BCUT2D eigenvalue weighted by Crippen LogP contribution is -2.24. The number of carbonyl (C=O) groups is 1. The number of aromatic nitrogens is 6. The van der Waals surface area contributed by atoms with Gasteiger partial charge in [0.2, 0.25) is 0 Å². The molecule has 0 aliphatic heterocycles. The fourth-order valence-electron chi connectivity index (χ4n) is 4.35. The second kappa shape index (κ2) is 11.9. The molecule has 37 heavy (non-hydrogen) atoms. The second-order valence-corrected chi connectivity index (χ2v) is 9.75. The van der Waals surface area contributed by atoms with Crippen molar-refractivity contribution in [2.75, 3.05) is 46.6 Å². The van der Waals surface area contributed by atoms with E-state index in [9.17, 15) is 10.1 Å². The Kier molecular flexibility index (Phi) is 8.43. The van der Waals surface area contributed by atoms with E-state index in [1.165, 1.54) is 11.8 Å². The van der Waals surface area contributed by atoms with Crippen LogP contribution in [0.5, 0.6) is 0 Å². The van der Waals surface area contributed by atoms with Crippen LogP contribution in [0, 0.1) is 11.3 Å². The molecule has 1 aliphatic rings. The van der Waals surface area contributed by atoms with Crippen LogP contribution in [0.1, 0.15) is 47.6 Å². The molecule has 1 N–H and O–H groups in total. The summed E-state index contributed by atoms with van der Waals surface area (Å²) in [5.41, 5.74) is 4.11. The van der Waals surface area contributed by atoms with Crippen LogP contribution >= 0.6 is 0 Å². The quantitative estimate of drug-likeness (QED) is 0.449. The molecule has 1 amide bonds. The van der Waals surface area contributed by atoms with Crippen molar-refractivity contribution in [2.24, 2.45) is 0 Å². The molecule has 3 aromatic rings. The van der Waals surface area contributed by atoms with Gasteiger partial charge in [0, 0.05) is 36.4 Å². The number of hydrogen-bond acceptors (Lipinski definition) is 8. The molecule has 0 unspecified atom stereocenters. The van der Waals surface area contributed by atoms with Crippen LogP contribution in [-0.2, 0) is 13.1 Å². The topological polar surface area (TPSA) is 121 Å². The standard InChI is InChI=1S/C26H34N10O/c1-33(2)12-14-35-21(17-27)18-28-25(35)26(37)29-23-11-10-20(16-22(23)19-8-6-5-7-9-19)24-30-31-32-36(24)15-13-34(3)4/h8,10-11,16,18H,5-7,9,12-15H2,1-4H3,(H,29,37). The van der Waals surface area contributed by atoms with E-state index in [0.29, 0.717) is 36.8 Å². The monoisotopic (exact) mass is 502 g/mol. The van der Waals surface area contributed by atoms with Crippen molar-refractivity contribution >= 4 is 17.2 Å². The molecule has 0 fully saturated rings. The molecule has 0 spiro atoms. The molecule has 2 aromatic heterocycles. The van der Waals surface area contributed by atoms with E-state index in [1.807, 2.05) is 45.2 Å². The second-order valence-electron chi connectivity index (χ2n) is 9.75. The van der Waals surface area contributed by atoms with Gasteiger partial charge in [0.25, 0.3) is 5.91 Å². The van der Waals surface area contributed by atoms with Crippen LogP contribution < -0.4 is 5.32 Å². The highest BCUT2D eigenvalue weighted by molar-refractivity contribution is 6.04. The highest BCUT2D eigenvalue weighted by Crippen LogP contribution is 2.34. The molecule has 0 bridgehead atoms. The number of likely N-dealkylation sites (N-methyl/N-ethyl adjacent to an activating group) is 2. The molecule has 0 saturated carbocycles. The first-order valence-electron chi connectivity index (χ1n) is 12.5. The Morgan fingerprint density at radius 1 is 1.14 bits per heavy atom. The van der Waals surface area contributed by atoms with Crippen molar-refractivity contribution in [1.29, 1.82) is 5.26 Å². The molecule has 0 saturated heterocycles. The Bertz CT molecular complexity index is 1310. The van der Waals surface area contributed by atoms with Gasteiger partial charge in [0.1, 0.15) is 11.8 Å². The van der Waals surface area contributed by atoms with E-state index in [0.717, 1.165) is 43.4 Å². The predicted octanol–water partition coefficient (Wildman–Crippen LogP) is 2.74. The largest absolute Gasteiger partial charge is 0.319 e. The van der Waals surface area contributed by atoms with Gasteiger partial charge in [-0.05, 0) is 88.1 Å². The number of anilines is 1. The summed E-state index contributed by atoms with van der Waals surface area (Å²) in [5, 5.41) is 24.9. The minimum absolute atomic E-state index is 0.221. The smallest absolute Gasteiger partial charge is 0.291 e. The number of hydrogen-bond donors (Lipinski definition) is 1. The van der Waals surface area contributed by atoms with E-state index >= 15 is 0 Å². The van der Waals surface area contributed by atoms with E-state index in [4.69, 9.17) is 0 Å². The molecule has 0 radical (unpaired) electrons. The Morgan fingerprint density at radius 3 is 2.62 bits per heavy atom. The number of nitrogens with one attached hydrogen (secondary N) is 1. The summed E-state index contributed by atoms with van der Waals surface area (Å²) in [6.07, 6.45) is 7.91. The van der Waals surface area contributed by atoms with Crippen LogP contribution in [0.4, 0.5) is 5.69 Å². The van der Waals surface area contributed by atoms with Crippen LogP contribution in [0.2, 0.25) is 0 Å². The Balaban J connectivity index is 1.67. The lowest BCUT2D eigenvalue weighted by atomic mass is 9.91. The molecule has 194 valence electrons. The molecule has 2 heterocycles. The summed E-state index contributed by atoms with van der Waals surface area (Å²) in [7, 11) is 7.93. The van der Waals surface area contributed by atoms with Crippen LogP contribution in [0.25, 0.3) is 17.0 Å². The Hall–Kier alpha value is -3.88. The van der Waals surface area contributed by atoms with E-state index in [1.54, 1.807) is 9.25 Å². The normalized spacial score (nSPS) is 13.6. The minimum Gasteiger partial charge on any atom is -0.319 e. The SMILES string of the molecule is CN(C)CCn1nnnc1-c1ccc(NC(=O)c2ncc(C#N)n2CCN(C)C)c(C2=CCCCC2)c1. The van der Waals surface area contributed by atoms with Gasteiger partial charge in [-0.15, -0.1) is 5.10 Å². The first kappa shape index (κ1) is 26.2. The van der Waals surface area contributed by atoms with E-state index in [-0.39, 0.29) is 11.7 Å². The fourth-order valence-corrected chi connectivity index (χ4v) is 4.35. The van der Waals surface area contributed by atoms with Crippen LogP contribution in [-0.4, -0.2) is 86.7 Å². The number of nitriles is 1. The summed E-state index contributed by atoms with van der Waals surface area (Å²) >= 11 is 0. The van der Waals surface area contributed by atoms with Gasteiger partial charge in [-0.3, -0.25) is 4.79 Å². The zero-order chi connectivity index (χ0) is 26.4. The highest BCUT2D eigenvalue weighted by Gasteiger charge is 2.21. The van der Waals surface area contributed by atoms with Crippen molar-refractivity contribution in [2.45, 2.75) is 38.8 Å². The molecule has 0 atom stereocenters. The average molecular weight is 503 g/mol. The van der Waals surface area contributed by atoms with Gasteiger partial charge >= 0.3 is 0 Å². The zero-order valence-electron chi connectivity index (χ0n) is 22.0. The van der Waals surface area contributed by atoms with Gasteiger partial charge in [0.15, 0.2) is 11.6 Å². The number of carbonyl (C=O) groups excluding carboxylic acids is 1. The lowest BCUT2D eigenvalue weighted by molar-refractivity contribution is 0.101. The summed E-state index contributed by atoms with van der Waals surface area (Å²) < 4.78 is 3.47. The maximum absolute atomic E-state index is 13.4. The molecular formula is C26H34N10O. The van der Waals surface area contributed by atoms with Crippen molar-refractivity contribution in [3.05, 3.63) is 47.6 Å². The summed E-state index contributed by atoms with van der Waals surface area (Å²) in [4.78, 5) is 21.7. The zero-order valence-corrected chi connectivity index (χ0v) is 22.0. The van der Waals surface area contributed by atoms with Crippen molar-refractivity contribution < 1.29 is 4.79 Å². The van der Waals surface area contributed by atoms with Gasteiger partial charge in [0.05, 0.1) is 12.7 Å². The van der Waals surface area contributed by atoms with Gasteiger partial charge < -0.3 is 19.7 Å². The first-order chi connectivity index (χ1) is 17.9. The van der Waals surface area contributed by atoms with Crippen molar-refractivity contribution in [3.8, 4) is 17.5 Å². The first-order valence-corrected chi connectivity index (χ1v) is 12.5. The fraction of sp³-hybridized carbons (Fsp3) is 0.462. The van der Waals surface area contributed by atoms with Gasteiger partial charge in [-0.25, -0.2) is 9.67 Å². The summed E-state index contributed by atoms with van der Waals surface area (Å²) in [6.45, 7) is 2.66. The third-order valence-corrected chi connectivity index (χ3v) is 6.40. The summed E-state index contributed by atoms with van der Waals surface area (Å²) in [5.74, 6) is 0.565. The maximum atomic E-state index is 13.4. The number of allylic oxidation sites excluding steroid dienone is 2. The third kappa shape index (κ3) is 6.28. The van der Waals surface area contributed by atoms with Crippen LogP contribution in [0.15, 0.2) is 30.5 Å². The number of amides is 1. The number of rotatable bonds is 10. The average Bonchev–Trinajstić information content (AvgIpc) is 3.53. The molecular weight excluding hydrogens is 468 g/mol. The number of imidazole rings is 1. The predicted molar refractivity (Wildman–Crippen MR) is 142 cm³/mol. The van der Waals surface area contributed by atoms with Crippen molar-refractivity contribution in [1.82, 2.24) is 39.6 Å². The lowest BCUT2D eigenvalue weighted by Gasteiger charge is -2.19. The molecule has 1 aliphatic carbocycles. The molecule has 11 heteroatoms. The minimum atomic E-state index is -0.346. The maximum Gasteiger partial charge on any atom is 0.291 e. The highest BCUT2D eigenvalue weighted by atomic mass is 16.2. The van der Waals surface area contributed by atoms with Crippen LogP contribution in [0.3, 0.4) is 0 Å². The van der Waals surface area contributed by atoms with Gasteiger partial charge in [-0.1, -0.05) is 6.08 Å².